The number of amides is 1. The monoisotopic (exact) mass is 312 g/mol. The minimum absolute atomic E-state index is 0.115. The summed E-state index contributed by atoms with van der Waals surface area (Å²) in [5, 5.41) is 13.6. The van der Waals surface area contributed by atoms with Gasteiger partial charge in [0.1, 0.15) is 4.88 Å². The lowest BCUT2D eigenvalue weighted by Crippen LogP contribution is -2.34. The summed E-state index contributed by atoms with van der Waals surface area (Å²) in [6.45, 7) is 3.55. The molecule has 0 spiro atoms. The van der Waals surface area contributed by atoms with Crippen LogP contribution in [0.2, 0.25) is 5.02 Å². The van der Waals surface area contributed by atoms with Gasteiger partial charge in [-0.1, -0.05) is 11.6 Å². The van der Waals surface area contributed by atoms with Gasteiger partial charge in [0.05, 0.1) is 11.8 Å². The van der Waals surface area contributed by atoms with E-state index >= 15 is 0 Å². The minimum atomic E-state index is -0.455. The lowest BCUT2D eigenvalue weighted by molar-refractivity contribution is 0.0928. The highest BCUT2D eigenvalue weighted by molar-refractivity contribution is 7.21. The summed E-state index contributed by atoms with van der Waals surface area (Å²) in [4.78, 5) is 12.7. The van der Waals surface area contributed by atoms with Gasteiger partial charge in [0, 0.05) is 21.2 Å². The van der Waals surface area contributed by atoms with Crippen molar-refractivity contribution in [2.24, 2.45) is 0 Å². The Morgan fingerprint density at radius 1 is 1.50 bits per heavy atom. The Hall–Kier alpha value is -1.30. The molecule has 1 aromatic heterocycles. The predicted octanol–water partition coefficient (Wildman–Crippen LogP) is 3.03. The number of nitrogen functional groups attached to an aromatic ring is 1. The van der Waals surface area contributed by atoms with Gasteiger partial charge < -0.3 is 16.2 Å². The molecule has 2 atom stereocenters. The molecular weight excluding hydrogens is 296 g/mol. The first-order valence-electron chi connectivity index (χ1n) is 6.35. The van der Waals surface area contributed by atoms with Crippen LogP contribution in [0.25, 0.3) is 10.1 Å². The molecular formula is C14H17ClN2O2S. The Morgan fingerprint density at radius 2 is 2.20 bits per heavy atom. The third-order valence-electron chi connectivity index (χ3n) is 2.97. The second kappa shape index (κ2) is 5.99. The molecule has 0 radical (unpaired) electrons. The summed E-state index contributed by atoms with van der Waals surface area (Å²) in [6, 6.07) is 5.28. The predicted molar refractivity (Wildman–Crippen MR) is 84.5 cm³/mol. The van der Waals surface area contributed by atoms with Gasteiger partial charge in [-0.25, -0.2) is 0 Å². The maximum absolute atomic E-state index is 12.2. The van der Waals surface area contributed by atoms with E-state index in [-0.39, 0.29) is 11.9 Å². The summed E-state index contributed by atoms with van der Waals surface area (Å²) in [5.74, 6) is -0.215. The Kier molecular flexibility index (Phi) is 4.52. The number of aliphatic hydroxyl groups is 1. The van der Waals surface area contributed by atoms with Crippen LogP contribution in [0.5, 0.6) is 0 Å². The second-order valence-electron chi connectivity index (χ2n) is 4.94. The van der Waals surface area contributed by atoms with Crippen molar-refractivity contribution in [1.29, 1.82) is 0 Å². The van der Waals surface area contributed by atoms with Gasteiger partial charge in [-0.15, -0.1) is 11.3 Å². The third-order valence-corrected chi connectivity index (χ3v) is 4.39. The van der Waals surface area contributed by atoms with E-state index in [1.165, 1.54) is 11.3 Å². The van der Waals surface area contributed by atoms with Crippen LogP contribution in [0.4, 0.5) is 5.69 Å². The molecule has 108 valence electrons. The molecule has 0 fully saturated rings. The quantitative estimate of drug-likeness (QED) is 0.812. The van der Waals surface area contributed by atoms with Crippen LogP contribution in [-0.4, -0.2) is 23.2 Å². The van der Waals surface area contributed by atoms with Crippen molar-refractivity contribution >= 4 is 44.6 Å². The minimum Gasteiger partial charge on any atom is -0.397 e. The number of halogens is 1. The number of thiophene rings is 1. The Labute approximate surface area is 126 Å². The first-order valence-corrected chi connectivity index (χ1v) is 7.54. The lowest BCUT2D eigenvalue weighted by Gasteiger charge is -2.14. The van der Waals surface area contributed by atoms with E-state index < -0.39 is 6.10 Å². The van der Waals surface area contributed by atoms with E-state index in [0.29, 0.717) is 22.0 Å². The van der Waals surface area contributed by atoms with Crippen LogP contribution in [0.1, 0.15) is 29.9 Å². The largest absolute Gasteiger partial charge is 0.397 e. The van der Waals surface area contributed by atoms with Crippen molar-refractivity contribution in [3.8, 4) is 0 Å². The number of hydrogen-bond donors (Lipinski definition) is 3. The van der Waals surface area contributed by atoms with Gasteiger partial charge in [-0.3, -0.25) is 4.79 Å². The molecule has 0 saturated heterocycles. The summed E-state index contributed by atoms with van der Waals surface area (Å²) >= 11 is 7.29. The normalized spacial score (nSPS) is 14.2. The Bertz CT molecular complexity index is 639. The van der Waals surface area contributed by atoms with Crippen molar-refractivity contribution in [2.75, 3.05) is 5.73 Å². The molecule has 0 bridgehead atoms. The number of rotatable bonds is 4. The molecule has 4 N–H and O–H groups in total. The first kappa shape index (κ1) is 15.1. The fraction of sp³-hybridized carbons (Fsp3) is 0.357. The zero-order valence-electron chi connectivity index (χ0n) is 11.3. The molecule has 4 nitrogen and oxygen atoms in total. The van der Waals surface area contributed by atoms with E-state index in [2.05, 4.69) is 5.32 Å². The summed E-state index contributed by atoms with van der Waals surface area (Å²) in [7, 11) is 0. The average molecular weight is 313 g/mol. The zero-order chi connectivity index (χ0) is 14.9. The van der Waals surface area contributed by atoms with Gasteiger partial charge >= 0.3 is 0 Å². The van der Waals surface area contributed by atoms with Gasteiger partial charge in [0.15, 0.2) is 0 Å². The molecule has 0 saturated carbocycles. The standard InChI is InChI=1S/C14H17ClN2O2S/c1-7(5-8(2)18)17-14(19)13-12(16)10-6-9(15)3-4-11(10)20-13/h3-4,6-8,18H,5,16H2,1-2H3,(H,17,19). The molecule has 1 aromatic carbocycles. The molecule has 6 heteroatoms. The Balaban J connectivity index is 2.24. The maximum atomic E-state index is 12.2. The van der Waals surface area contributed by atoms with Crippen LogP contribution in [0, 0.1) is 0 Å². The number of anilines is 1. The molecule has 2 unspecified atom stereocenters. The number of benzene rings is 1. The number of nitrogens with two attached hydrogens (primary N) is 1. The van der Waals surface area contributed by atoms with E-state index in [1.54, 1.807) is 19.1 Å². The van der Waals surface area contributed by atoms with E-state index in [1.807, 2.05) is 13.0 Å². The summed E-state index contributed by atoms with van der Waals surface area (Å²) in [5.41, 5.74) is 6.48. The van der Waals surface area contributed by atoms with Crippen LogP contribution >= 0.6 is 22.9 Å². The number of hydrogen-bond acceptors (Lipinski definition) is 4. The maximum Gasteiger partial charge on any atom is 0.263 e. The highest BCUT2D eigenvalue weighted by Crippen LogP contribution is 2.35. The first-order chi connectivity index (χ1) is 9.38. The summed E-state index contributed by atoms with van der Waals surface area (Å²) < 4.78 is 0.931. The van der Waals surface area contributed by atoms with Crippen molar-refractivity contribution in [2.45, 2.75) is 32.4 Å². The number of carbonyl (C=O) groups excluding carboxylic acids is 1. The van der Waals surface area contributed by atoms with Crippen LogP contribution in [-0.2, 0) is 0 Å². The van der Waals surface area contributed by atoms with Gasteiger partial charge in [-0.05, 0) is 38.5 Å². The van der Waals surface area contributed by atoms with Crippen LogP contribution < -0.4 is 11.1 Å². The fourth-order valence-electron chi connectivity index (χ4n) is 2.12. The molecule has 2 aromatic rings. The van der Waals surface area contributed by atoms with Crippen molar-refractivity contribution in [1.82, 2.24) is 5.32 Å². The van der Waals surface area contributed by atoms with Gasteiger partial charge in [0.2, 0.25) is 0 Å². The fourth-order valence-corrected chi connectivity index (χ4v) is 3.30. The number of fused-ring (bicyclic) bond motifs is 1. The van der Waals surface area contributed by atoms with E-state index in [9.17, 15) is 9.90 Å². The average Bonchev–Trinajstić information content (AvgIpc) is 2.65. The van der Waals surface area contributed by atoms with Crippen molar-refractivity contribution < 1.29 is 9.90 Å². The molecule has 20 heavy (non-hydrogen) atoms. The van der Waals surface area contributed by atoms with Gasteiger partial charge in [-0.2, -0.15) is 0 Å². The molecule has 1 amide bonds. The van der Waals surface area contributed by atoms with Crippen LogP contribution in [0.3, 0.4) is 0 Å². The second-order valence-corrected chi connectivity index (χ2v) is 6.43. The smallest absolute Gasteiger partial charge is 0.263 e. The topological polar surface area (TPSA) is 75.3 Å². The van der Waals surface area contributed by atoms with Crippen molar-refractivity contribution in [3.05, 3.63) is 28.1 Å². The molecule has 1 heterocycles. The number of aliphatic hydroxyl groups excluding tert-OH is 1. The Morgan fingerprint density at radius 3 is 2.85 bits per heavy atom. The zero-order valence-corrected chi connectivity index (χ0v) is 12.9. The highest BCUT2D eigenvalue weighted by Gasteiger charge is 2.18. The lowest BCUT2D eigenvalue weighted by atomic mass is 10.1. The molecule has 2 rings (SSSR count). The van der Waals surface area contributed by atoms with E-state index in [4.69, 9.17) is 17.3 Å². The third kappa shape index (κ3) is 3.23. The number of nitrogens with one attached hydrogen (secondary N) is 1. The van der Waals surface area contributed by atoms with E-state index in [0.717, 1.165) is 10.1 Å². The molecule has 0 aliphatic rings. The van der Waals surface area contributed by atoms with Crippen molar-refractivity contribution in [3.63, 3.8) is 0 Å². The molecule has 0 aliphatic carbocycles. The molecule has 0 aliphatic heterocycles. The SMILES string of the molecule is CC(O)CC(C)NC(=O)c1sc2ccc(Cl)cc2c1N. The highest BCUT2D eigenvalue weighted by atomic mass is 35.5. The number of carbonyl (C=O) groups is 1. The van der Waals surface area contributed by atoms with Crippen LogP contribution in [0.15, 0.2) is 18.2 Å². The summed E-state index contributed by atoms with van der Waals surface area (Å²) in [6.07, 6.45) is 0.0476. The van der Waals surface area contributed by atoms with Gasteiger partial charge in [0.25, 0.3) is 5.91 Å².